The predicted molar refractivity (Wildman–Crippen MR) is 71.8 cm³/mol. The molecule has 0 spiro atoms. The van der Waals surface area contributed by atoms with Crippen LogP contribution in [0.3, 0.4) is 0 Å². The van der Waals surface area contributed by atoms with Crippen LogP contribution in [0.4, 0.5) is 10.1 Å². The van der Waals surface area contributed by atoms with Crippen LogP contribution in [-0.2, 0) is 6.54 Å². The SMILES string of the molecule is CC(C)n1ncnc1CNc1ccc(F)c(Br)c1. The lowest BCUT2D eigenvalue weighted by molar-refractivity contribution is 0.509. The van der Waals surface area contributed by atoms with E-state index in [1.165, 1.54) is 12.4 Å². The lowest BCUT2D eigenvalue weighted by atomic mass is 10.3. The number of rotatable bonds is 4. The summed E-state index contributed by atoms with van der Waals surface area (Å²) in [5.41, 5.74) is 0.835. The first-order chi connectivity index (χ1) is 8.58. The summed E-state index contributed by atoms with van der Waals surface area (Å²) in [6, 6.07) is 5.07. The lowest BCUT2D eigenvalue weighted by Crippen LogP contribution is -2.12. The molecule has 0 saturated carbocycles. The number of hydrogen-bond donors (Lipinski definition) is 1. The Labute approximate surface area is 113 Å². The van der Waals surface area contributed by atoms with Crippen molar-refractivity contribution >= 4 is 21.6 Å². The third kappa shape index (κ3) is 2.87. The largest absolute Gasteiger partial charge is 0.378 e. The van der Waals surface area contributed by atoms with Crippen molar-refractivity contribution in [1.82, 2.24) is 14.8 Å². The van der Waals surface area contributed by atoms with E-state index in [4.69, 9.17) is 0 Å². The minimum Gasteiger partial charge on any atom is -0.378 e. The Morgan fingerprint density at radius 3 is 2.89 bits per heavy atom. The van der Waals surface area contributed by atoms with Crippen LogP contribution in [0.2, 0.25) is 0 Å². The summed E-state index contributed by atoms with van der Waals surface area (Å²) in [4.78, 5) is 4.20. The molecule has 1 aromatic heterocycles. The molecule has 18 heavy (non-hydrogen) atoms. The van der Waals surface area contributed by atoms with Gasteiger partial charge in [-0.3, -0.25) is 0 Å². The average molecular weight is 313 g/mol. The number of hydrogen-bond acceptors (Lipinski definition) is 3. The molecule has 1 heterocycles. The predicted octanol–water partition coefficient (Wildman–Crippen LogP) is 3.37. The van der Waals surface area contributed by atoms with Gasteiger partial charge < -0.3 is 5.32 Å². The van der Waals surface area contributed by atoms with Crippen molar-refractivity contribution in [2.45, 2.75) is 26.4 Å². The van der Waals surface area contributed by atoms with Crippen molar-refractivity contribution in [3.05, 3.63) is 40.6 Å². The van der Waals surface area contributed by atoms with Gasteiger partial charge in [-0.25, -0.2) is 14.1 Å². The highest BCUT2D eigenvalue weighted by atomic mass is 79.9. The second kappa shape index (κ2) is 5.48. The van der Waals surface area contributed by atoms with E-state index in [1.807, 2.05) is 18.5 Å². The van der Waals surface area contributed by atoms with E-state index in [1.54, 1.807) is 12.1 Å². The molecule has 1 N–H and O–H groups in total. The molecule has 6 heteroatoms. The molecule has 2 aromatic rings. The molecule has 0 bridgehead atoms. The van der Waals surface area contributed by atoms with Crippen molar-refractivity contribution in [1.29, 1.82) is 0 Å². The Bertz CT molecular complexity index is 539. The number of anilines is 1. The first kappa shape index (κ1) is 13.0. The van der Waals surface area contributed by atoms with Crippen LogP contribution in [-0.4, -0.2) is 14.8 Å². The normalized spacial score (nSPS) is 10.9. The maximum atomic E-state index is 13.1. The van der Waals surface area contributed by atoms with E-state index in [9.17, 15) is 4.39 Å². The molecular formula is C12H14BrFN4. The minimum absolute atomic E-state index is 0.268. The van der Waals surface area contributed by atoms with Crippen LogP contribution < -0.4 is 5.32 Å². The fourth-order valence-electron chi connectivity index (χ4n) is 1.62. The van der Waals surface area contributed by atoms with Gasteiger partial charge in [0.25, 0.3) is 0 Å². The van der Waals surface area contributed by atoms with Gasteiger partial charge in [-0.15, -0.1) is 0 Å². The van der Waals surface area contributed by atoms with Crippen molar-refractivity contribution in [2.24, 2.45) is 0 Å². The Morgan fingerprint density at radius 1 is 1.44 bits per heavy atom. The zero-order valence-corrected chi connectivity index (χ0v) is 11.8. The molecule has 4 nitrogen and oxygen atoms in total. The molecular weight excluding hydrogens is 299 g/mol. The summed E-state index contributed by atoms with van der Waals surface area (Å²) in [6.45, 7) is 4.65. The van der Waals surface area contributed by atoms with Gasteiger partial charge >= 0.3 is 0 Å². The van der Waals surface area contributed by atoms with Gasteiger partial charge in [0.1, 0.15) is 18.0 Å². The monoisotopic (exact) mass is 312 g/mol. The Balaban J connectivity index is 2.07. The summed E-state index contributed by atoms with van der Waals surface area (Å²) in [6.07, 6.45) is 1.54. The molecule has 0 amide bonds. The highest BCUT2D eigenvalue weighted by Gasteiger charge is 2.07. The van der Waals surface area contributed by atoms with Gasteiger partial charge in [-0.2, -0.15) is 5.10 Å². The molecule has 96 valence electrons. The summed E-state index contributed by atoms with van der Waals surface area (Å²) in [5.74, 6) is 0.580. The maximum absolute atomic E-state index is 13.1. The van der Waals surface area contributed by atoms with Crippen LogP contribution in [0.25, 0.3) is 0 Å². The van der Waals surface area contributed by atoms with Crippen molar-refractivity contribution in [3.8, 4) is 0 Å². The zero-order valence-electron chi connectivity index (χ0n) is 10.2. The fourth-order valence-corrected chi connectivity index (χ4v) is 2.00. The van der Waals surface area contributed by atoms with Crippen LogP contribution in [0.1, 0.15) is 25.7 Å². The van der Waals surface area contributed by atoms with E-state index in [0.717, 1.165) is 11.5 Å². The number of nitrogens with zero attached hydrogens (tertiary/aromatic N) is 3. The molecule has 0 saturated heterocycles. The highest BCUT2D eigenvalue weighted by Crippen LogP contribution is 2.20. The highest BCUT2D eigenvalue weighted by molar-refractivity contribution is 9.10. The van der Waals surface area contributed by atoms with Gasteiger partial charge in [-0.1, -0.05) is 0 Å². The quantitative estimate of drug-likeness (QED) is 0.941. The molecule has 0 fully saturated rings. The molecule has 0 aliphatic carbocycles. The van der Waals surface area contributed by atoms with Gasteiger partial charge in [0.15, 0.2) is 0 Å². The summed E-state index contributed by atoms with van der Waals surface area (Å²) >= 11 is 3.15. The number of benzene rings is 1. The Kier molecular flexibility index (Phi) is 3.96. The Morgan fingerprint density at radius 2 is 2.22 bits per heavy atom. The van der Waals surface area contributed by atoms with E-state index in [0.29, 0.717) is 11.0 Å². The smallest absolute Gasteiger partial charge is 0.146 e. The second-order valence-corrected chi connectivity index (χ2v) is 5.05. The van der Waals surface area contributed by atoms with Crippen molar-refractivity contribution < 1.29 is 4.39 Å². The third-order valence-electron chi connectivity index (χ3n) is 2.51. The standard InChI is InChI=1S/C12H14BrFN4/c1-8(2)18-12(16-7-17-18)6-15-9-3-4-11(14)10(13)5-9/h3-5,7-8,15H,6H2,1-2H3. The number of nitrogens with one attached hydrogen (secondary N) is 1. The van der Waals surface area contributed by atoms with E-state index < -0.39 is 0 Å². The summed E-state index contributed by atoms with van der Waals surface area (Å²) in [5, 5.41) is 7.35. The third-order valence-corrected chi connectivity index (χ3v) is 3.11. The van der Waals surface area contributed by atoms with Crippen LogP contribution in [0, 0.1) is 5.82 Å². The topological polar surface area (TPSA) is 42.7 Å². The molecule has 0 aliphatic heterocycles. The molecule has 2 rings (SSSR count). The average Bonchev–Trinajstić information content (AvgIpc) is 2.79. The van der Waals surface area contributed by atoms with Crippen molar-refractivity contribution in [3.63, 3.8) is 0 Å². The molecule has 0 unspecified atom stereocenters. The zero-order chi connectivity index (χ0) is 13.1. The Hall–Kier alpha value is -1.43. The van der Waals surface area contributed by atoms with E-state index >= 15 is 0 Å². The van der Waals surface area contributed by atoms with Crippen LogP contribution >= 0.6 is 15.9 Å². The second-order valence-electron chi connectivity index (χ2n) is 4.20. The molecule has 0 aliphatic rings. The van der Waals surface area contributed by atoms with Crippen LogP contribution in [0.5, 0.6) is 0 Å². The van der Waals surface area contributed by atoms with Crippen molar-refractivity contribution in [2.75, 3.05) is 5.32 Å². The number of halogens is 2. The first-order valence-corrected chi connectivity index (χ1v) is 6.44. The molecule has 0 atom stereocenters. The fraction of sp³-hybridized carbons (Fsp3) is 0.333. The van der Waals surface area contributed by atoms with Gasteiger partial charge in [-0.05, 0) is 48.0 Å². The van der Waals surface area contributed by atoms with Gasteiger partial charge in [0.2, 0.25) is 0 Å². The van der Waals surface area contributed by atoms with Gasteiger partial charge in [0, 0.05) is 11.7 Å². The first-order valence-electron chi connectivity index (χ1n) is 5.65. The van der Waals surface area contributed by atoms with Crippen LogP contribution in [0.15, 0.2) is 29.0 Å². The lowest BCUT2D eigenvalue weighted by Gasteiger charge is -2.11. The number of aromatic nitrogens is 3. The molecule has 1 aromatic carbocycles. The van der Waals surface area contributed by atoms with E-state index in [-0.39, 0.29) is 11.9 Å². The molecule has 0 radical (unpaired) electrons. The summed E-state index contributed by atoms with van der Waals surface area (Å²) in [7, 11) is 0. The summed E-state index contributed by atoms with van der Waals surface area (Å²) < 4.78 is 15.4. The van der Waals surface area contributed by atoms with E-state index in [2.05, 4.69) is 31.3 Å². The minimum atomic E-state index is -0.272. The maximum Gasteiger partial charge on any atom is 0.146 e. The van der Waals surface area contributed by atoms with Gasteiger partial charge in [0.05, 0.1) is 11.0 Å².